The highest BCUT2D eigenvalue weighted by atomic mass is 16.6. The van der Waals surface area contributed by atoms with E-state index in [2.05, 4.69) is 20.5 Å². The fraction of sp³-hybridized carbons (Fsp3) is 0.100. The second-order valence-corrected chi connectivity index (χ2v) is 3.43. The number of hydrogen-bond acceptors (Lipinski definition) is 6. The highest BCUT2D eigenvalue weighted by Crippen LogP contribution is 2.18. The Morgan fingerprint density at radius 2 is 2.37 bits per heavy atom. The van der Waals surface area contributed by atoms with E-state index in [1.165, 1.54) is 30.6 Å². The second-order valence-electron chi connectivity index (χ2n) is 3.43. The first-order valence-corrected chi connectivity index (χ1v) is 5.17. The minimum Gasteiger partial charge on any atom is -0.484 e. The van der Waals surface area contributed by atoms with Crippen LogP contribution in [-0.2, 0) is 4.79 Å². The Morgan fingerprint density at radius 3 is 3.05 bits per heavy atom. The first kappa shape index (κ1) is 12.5. The van der Waals surface area contributed by atoms with Gasteiger partial charge < -0.3 is 4.74 Å². The predicted octanol–water partition coefficient (Wildman–Crippen LogP) is 0.730. The van der Waals surface area contributed by atoms with Crippen LogP contribution in [0.4, 0.5) is 11.6 Å². The number of hydrogen-bond donors (Lipinski definition) is 2. The molecule has 9 nitrogen and oxygen atoms in total. The smallest absolute Gasteiger partial charge is 0.273 e. The average Bonchev–Trinajstić information content (AvgIpc) is 2.89. The van der Waals surface area contributed by atoms with Crippen molar-refractivity contribution >= 4 is 17.5 Å². The van der Waals surface area contributed by atoms with E-state index >= 15 is 0 Å². The molecule has 2 N–H and O–H groups in total. The quantitative estimate of drug-likeness (QED) is 0.605. The molecule has 0 radical (unpaired) electrons. The number of nitro groups is 1. The van der Waals surface area contributed by atoms with Crippen molar-refractivity contribution in [1.82, 2.24) is 15.2 Å². The van der Waals surface area contributed by atoms with E-state index in [-0.39, 0.29) is 24.0 Å². The maximum absolute atomic E-state index is 11.4. The Morgan fingerprint density at radius 1 is 1.53 bits per heavy atom. The second kappa shape index (κ2) is 5.58. The molecule has 0 aliphatic rings. The van der Waals surface area contributed by atoms with Crippen molar-refractivity contribution in [3.05, 3.63) is 40.7 Å². The van der Waals surface area contributed by atoms with Crippen LogP contribution in [-0.4, -0.2) is 32.6 Å². The summed E-state index contributed by atoms with van der Waals surface area (Å²) in [6.45, 7) is -0.290. The summed E-state index contributed by atoms with van der Waals surface area (Å²) in [6, 6.07) is 5.57. The number of carbonyl (C=O) groups is 1. The van der Waals surface area contributed by atoms with Crippen LogP contribution in [0.2, 0.25) is 0 Å². The number of nitrogens with one attached hydrogen (secondary N) is 2. The van der Waals surface area contributed by atoms with Crippen LogP contribution in [0.5, 0.6) is 5.75 Å². The molecule has 0 aliphatic carbocycles. The van der Waals surface area contributed by atoms with Gasteiger partial charge in [-0.3, -0.25) is 20.2 Å². The van der Waals surface area contributed by atoms with Gasteiger partial charge in [0.1, 0.15) is 12.1 Å². The van der Waals surface area contributed by atoms with E-state index in [0.29, 0.717) is 0 Å². The van der Waals surface area contributed by atoms with E-state index in [4.69, 9.17) is 4.74 Å². The normalized spacial score (nSPS) is 9.89. The third-order valence-electron chi connectivity index (χ3n) is 2.07. The number of ether oxygens (including phenoxy) is 1. The Labute approximate surface area is 106 Å². The summed E-state index contributed by atoms with van der Waals surface area (Å²) in [4.78, 5) is 25.2. The first-order chi connectivity index (χ1) is 9.15. The largest absolute Gasteiger partial charge is 0.484 e. The molecule has 98 valence electrons. The maximum atomic E-state index is 11.4. The zero-order valence-corrected chi connectivity index (χ0v) is 9.57. The molecule has 0 saturated heterocycles. The molecule has 2 rings (SSSR count). The Kier molecular flexibility index (Phi) is 3.67. The summed E-state index contributed by atoms with van der Waals surface area (Å²) < 4.78 is 5.13. The van der Waals surface area contributed by atoms with Crippen molar-refractivity contribution in [1.29, 1.82) is 0 Å². The molecule has 2 aromatic rings. The number of nitro benzene ring substituents is 1. The highest BCUT2D eigenvalue weighted by Gasteiger charge is 2.09. The van der Waals surface area contributed by atoms with Gasteiger partial charge in [0.05, 0.1) is 11.0 Å². The topological polar surface area (TPSA) is 123 Å². The van der Waals surface area contributed by atoms with Crippen molar-refractivity contribution < 1.29 is 14.5 Å². The minimum atomic E-state index is -0.540. The lowest BCUT2D eigenvalue weighted by Crippen LogP contribution is -2.20. The van der Waals surface area contributed by atoms with Gasteiger partial charge in [-0.2, -0.15) is 10.1 Å². The number of amides is 1. The van der Waals surface area contributed by atoms with E-state index in [9.17, 15) is 14.9 Å². The number of non-ortho nitro benzene ring substituents is 1. The lowest BCUT2D eigenvalue weighted by atomic mass is 10.3. The van der Waals surface area contributed by atoms with Gasteiger partial charge in [0.25, 0.3) is 11.6 Å². The molecule has 0 aliphatic heterocycles. The van der Waals surface area contributed by atoms with Crippen LogP contribution in [0, 0.1) is 10.1 Å². The van der Waals surface area contributed by atoms with E-state index in [1.54, 1.807) is 0 Å². The van der Waals surface area contributed by atoms with Crippen LogP contribution in [0.25, 0.3) is 0 Å². The van der Waals surface area contributed by atoms with Crippen LogP contribution >= 0.6 is 0 Å². The number of aromatic nitrogens is 3. The molecular formula is C10H9N5O4. The summed E-state index contributed by atoms with van der Waals surface area (Å²) >= 11 is 0. The Balaban J connectivity index is 1.89. The third kappa shape index (κ3) is 3.49. The zero-order chi connectivity index (χ0) is 13.7. The fourth-order valence-electron chi connectivity index (χ4n) is 1.27. The number of nitrogens with zero attached hydrogens (tertiary/aromatic N) is 3. The SMILES string of the molecule is O=C(COc1cccc([N+](=O)[O-])c1)Nc1ncn[nH]1. The van der Waals surface area contributed by atoms with Crippen molar-refractivity contribution in [3.63, 3.8) is 0 Å². The average molecular weight is 263 g/mol. The maximum Gasteiger partial charge on any atom is 0.273 e. The van der Waals surface area contributed by atoms with Gasteiger partial charge in [-0.25, -0.2) is 5.10 Å². The molecule has 0 atom stereocenters. The lowest BCUT2D eigenvalue weighted by molar-refractivity contribution is -0.384. The van der Waals surface area contributed by atoms with Gasteiger partial charge in [-0.05, 0) is 6.07 Å². The highest BCUT2D eigenvalue weighted by molar-refractivity contribution is 5.90. The number of anilines is 1. The summed E-state index contributed by atoms with van der Waals surface area (Å²) in [5.41, 5.74) is -0.104. The molecule has 0 fully saturated rings. The van der Waals surface area contributed by atoms with Crippen molar-refractivity contribution in [2.45, 2.75) is 0 Å². The van der Waals surface area contributed by atoms with Gasteiger partial charge in [-0.15, -0.1) is 0 Å². The Hall–Kier alpha value is -2.97. The number of rotatable bonds is 5. The molecule has 1 aromatic heterocycles. The summed E-state index contributed by atoms with van der Waals surface area (Å²) in [5.74, 6) is -0.0159. The summed E-state index contributed by atoms with van der Waals surface area (Å²) in [6.07, 6.45) is 1.25. The first-order valence-electron chi connectivity index (χ1n) is 5.17. The number of carbonyl (C=O) groups excluding carboxylic acids is 1. The molecule has 9 heteroatoms. The summed E-state index contributed by atoms with van der Waals surface area (Å²) in [7, 11) is 0. The predicted molar refractivity (Wildman–Crippen MR) is 63.6 cm³/mol. The monoisotopic (exact) mass is 263 g/mol. The zero-order valence-electron chi connectivity index (χ0n) is 9.57. The molecule has 0 bridgehead atoms. The van der Waals surface area contributed by atoms with Gasteiger partial charge in [-0.1, -0.05) is 6.07 Å². The third-order valence-corrected chi connectivity index (χ3v) is 2.07. The molecule has 1 heterocycles. The molecular weight excluding hydrogens is 254 g/mol. The number of H-pyrrole nitrogens is 1. The van der Waals surface area contributed by atoms with Crippen LogP contribution in [0.15, 0.2) is 30.6 Å². The van der Waals surface area contributed by atoms with E-state index in [1.807, 2.05) is 0 Å². The molecule has 1 aromatic carbocycles. The summed E-state index contributed by atoms with van der Waals surface area (Å²) in [5, 5.41) is 19.0. The molecule has 0 spiro atoms. The van der Waals surface area contributed by atoms with Crippen molar-refractivity contribution in [2.24, 2.45) is 0 Å². The lowest BCUT2D eigenvalue weighted by Gasteiger charge is -2.05. The van der Waals surface area contributed by atoms with Gasteiger partial charge in [0.15, 0.2) is 6.61 Å². The van der Waals surface area contributed by atoms with Crippen molar-refractivity contribution in [2.75, 3.05) is 11.9 Å². The number of aromatic amines is 1. The van der Waals surface area contributed by atoms with Crippen LogP contribution < -0.4 is 10.1 Å². The van der Waals surface area contributed by atoms with E-state index in [0.717, 1.165) is 0 Å². The van der Waals surface area contributed by atoms with Crippen LogP contribution in [0.1, 0.15) is 0 Å². The molecule has 19 heavy (non-hydrogen) atoms. The Bertz CT molecular complexity index is 583. The van der Waals surface area contributed by atoms with Gasteiger partial charge >= 0.3 is 0 Å². The molecule has 0 saturated carbocycles. The molecule has 1 amide bonds. The minimum absolute atomic E-state index is 0.104. The van der Waals surface area contributed by atoms with Gasteiger partial charge in [0, 0.05) is 6.07 Å². The number of benzene rings is 1. The van der Waals surface area contributed by atoms with Crippen LogP contribution in [0.3, 0.4) is 0 Å². The standard InChI is InChI=1S/C10H9N5O4/c16-9(13-10-11-6-12-14-10)5-19-8-3-1-2-7(4-8)15(17)18/h1-4,6H,5H2,(H2,11,12,13,14,16). The van der Waals surface area contributed by atoms with E-state index < -0.39 is 10.8 Å². The van der Waals surface area contributed by atoms with Crippen molar-refractivity contribution in [3.8, 4) is 5.75 Å². The van der Waals surface area contributed by atoms with Gasteiger partial charge in [0.2, 0.25) is 5.95 Å². The molecule has 0 unspecified atom stereocenters. The fourth-order valence-corrected chi connectivity index (χ4v) is 1.27.